The van der Waals surface area contributed by atoms with Crippen LogP contribution >= 0.6 is 0 Å². The van der Waals surface area contributed by atoms with Crippen LogP contribution < -0.4 is 10.2 Å². The van der Waals surface area contributed by atoms with Gasteiger partial charge in [0, 0.05) is 18.3 Å². The first kappa shape index (κ1) is 12.9. The molecule has 1 fully saturated rings. The van der Waals surface area contributed by atoms with Gasteiger partial charge in [-0.3, -0.25) is 4.79 Å². The molecule has 1 aromatic rings. The summed E-state index contributed by atoms with van der Waals surface area (Å²) >= 11 is 0. The van der Waals surface area contributed by atoms with Crippen molar-refractivity contribution in [1.29, 1.82) is 0 Å². The lowest BCUT2D eigenvalue weighted by atomic mass is 10.0. The van der Waals surface area contributed by atoms with Crippen molar-refractivity contribution in [3.63, 3.8) is 0 Å². The molecular weight excluding hydrogens is 228 g/mol. The van der Waals surface area contributed by atoms with Crippen LogP contribution in [0.3, 0.4) is 0 Å². The fourth-order valence-corrected chi connectivity index (χ4v) is 2.54. The minimum atomic E-state index is -0.485. The molecule has 0 aliphatic carbocycles. The van der Waals surface area contributed by atoms with Gasteiger partial charge in [0.15, 0.2) is 0 Å². The van der Waals surface area contributed by atoms with E-state index in [0.717, 1.165) is 12.1 Å². The Hall–Kier alpha value is -1.55. The van der Waals surface area contributed by atoms with Gasteiger partial charge in [0.25, 0.3) is 0 Å². The Morgan fingerprint density at radius 1 is 1.44 bits per heavy atom. The number of anilines is 1. The van der Waals surface area contributed by atoms with Crippen molar-refractivity contribution in [1.82, 2.24) is 5.32 Å². The number of hydrogen-bond acceptors (Lipinski definition) is 3. The third-order valence-electron chi connectivity index (χ3n) is 3.51. The van der Waals surface area contributed by atoms with E-state index in [0.29, 0.717) is 6.54 Å². The van der Waals surface area contributed by atoms with Crippen LogP contribution in [-0.2, 0) is 11.2 Å². The third-order valence-corrected chi connectivity index (χ3v) is 3.51. The molecule has 18 heavy (non-hydrogen) atoms. The molecule has 2 atom stereocenters. The maximum Gasteiger partial charge on any atom is 0.245 e. The number of para-hydroxylation sites is 1. The van der Waals surface area contributed by atoms with Crippen molar-refractivity contribution in [2.75, 3.05) is 18.1 Å². The molecule has 0 radical (unpaired) electrons. The Bertz CT molecular complexity index is 434. The normalized spacial score (nSPS) is 23.9. The van der Waals surface area contributed by atoms with Gasteiger partial charge in [0.2, 0.25) is 5.91 Å². The summed E-state index contributed by atoms with van der Waals surface area (Å²) in [7, 11) is 0. The summed E-state index contributed by atoms with van der Waals surface area (Å²) in [4.78, 5) is 13.9. The minimum Gasteiger partial charge on any atom is -0.394 e. The van der Waals surface area contributed by atoms with Crippen molar-refractivity contribution in [3.8, 4) is 0 Å². The zero-order valence-electron chi connectivity index (χ0n) is 10.9. The Labute approximate surface area is 108 Å². The second kappa shape index (κ2) is 5.40. The smallest absolute Gasteiger partial charge is 0.245 e. The van der Waals surface area contributed by atoms with Gasteiger partial charge in [-0.1, -0.05) is 25.1 Å². The first-order chi connectivity index (χ1) is 8.69. The van der Waals surface area contributed by atoms with E-state index in [2.05, 4.69) is 25.2 Å². The average molecular weight is 248 g/mol. The second-order valence-corrected chi connectivity index (χ2v) is 4.68. The van der Waals surface area contributed by atoms with Gasteiger partial charge < -0.3 is 15.3 Å². The van der Waals surface area contributed by atoms with Crippen molar-refractivity contribution >= 4 is 11.6 Å². The summed E-state index contributed by atoms with van der Waals surface area (Å²) < 4.78 is 0. The number of carbonyl (C=O) groups is 1. The first-order valence-corrected chi connectivity index (χ1v) is 6.43. The Kier molecular flexibility index (Phi) is 3.87. The number of aliphatic hydroxyl groups is 1. The maximum absolute atomic E-state index is 11.8. The minimum absolute atomic E-state index is 0.0958. The van der Waals surface area contributed by atoms with E-state index in [-0.39, 0.29) is 18.6 Å². The number of hydrogen-bond donors (Lipinski definition) is 2. The molecule has 0 saturated carbocycles. The molecule has 2 unspecified atom stereocenters. The number of amides is 1. The van der Waals surface area contributed by atoms with Crippen LogP contribution in [0.5, 0.6) is 0 Å². The molecular formula is C14H20N2O2. The van der Waals surface area contributed by atoms with Gasteiger partial charge in [-0.05, 0) is 25.0 Å². The Balaban J connectivity index is 2.41. The standard InChI is InChI=1S/C14H20N2O2/c1-3-11-6-4-5-7-12(11)16-10(2)8-15-14(18)13(16)9-17/h4-7,10,13,17H,3,8-9H2,1-2H3,(H,15,18). The van der Waals surface area contributed by atoms with E-state index in [9.17, 15) is 9.90 Å². The summed E-state index contributed by atoms with van der Waals surface area (Å²) in [5.41, 5.74) is 2.26. The molecule has 4 heteroatoms. The lowest BCUT2D eigenvalue weighted by molar-refractivity contribution is -0.124. The van der Waals surface area contributed by atoms with Crippen molar-refractivity contribution in [2.45, 2.75) is 32.4 Å². The number of nitrogens with one attached hydrogen (secondary N) is 1. The zero-order chi connectivity index (χ0) is 13.1. The zero-order valence-corrected chi connectivity index (χ0v) is 10.9. The molecule has 2 rings (SSSR count). The van der Waals surface area contributed by atoms with Gasteiger partial charge in [0.1, 0.15) is 6.04 Å². The second-order valence-electron chi connectivity index (χ2n) is 4.68. The topological polar surface area (TPSA) is 52.6 Å². The van der Waals surface area contributed by atoms with E-state index >= 15 is 0 Å². The molecule has 98 valence electrons. The van der Waals surface area contributed by atoms with Gasteiger partial charge in [-0.25, -0.2) is 0 Å². The fourth-order valence-electron chi connectivity index (χ4n) is 2.54. The lowest BCUT2D eigenvalue weighted by Crippen LogP contribution is -2.61. The highest BCUT2D eigenvalue weighted by molar-refractivity contribution is 5.87. The van der Waals surface area contributed by atoms with Gasteiger partial charge in [0.05, 0.1) is 6.61 Å². The van der Waals surface area contributed by atoms with E-state index in [1.165, 1.54) is 5.56 Å². The highest BCUT2D eigenvalue weighted by Crippen LogP contribution is 2.26. The lowest BCUT2D eigenvalue weighted by Gasteiger charge is -2.41. The number of rotatable bonds is 3. The van der Waals surface area contributed by atoms with Crippen LogP contribution in [0, 0.1) is 0 Å². The van der Waals surface area contributed by atoms with E-state index in [1.54, 1.807) is 0 Å². The highest BCUT2D eigenvalue weighted by Gasteiger charge is 2.34. The summed E-state index contributed by atoms with van der Waals surface area (Å²) in [5.74, 6) is -0.0958. The van der Waals surface area contributed by atoms with E-state index in [1.807, 2.05) is 23.1 Å². The summed E-state index contributed by atoms with van der Waals surface area (Å²) in [6, 6.07) is 7.78. The van der Waals surface area contributed by atoms with Crippen molar-refractivity contribution in [2.24, 2.45) is 0 Å². The molecule has 0 aromatic heterocycles. The fraction of sp³-hybridized carbons (Fsp3) is 0.500. The molecule has 1 aliphatic heterocycles. The molecule has 1 aromatic carbocycles. The highest BCUT2D eigenvalue weighted by atomic mass is 16.3. The molecule has 4 nitrogen and oxygen atoms in total. The predicted octanol–water partition coefficient (Wildman–Crippen LogP) is 0.935. The predicted molar refractivity (Wildman–Crippen MR) is 71.6 cm³/mol. The number of aliphatic hydroxyl groups excluding tert-OH is 1. The van der Waals surface area contributed by atoms with Crippen molar-refractivity contribution in [3.05, 3.63) is 29.8 Å². The van der Waals surface area contributed by atoms with Gasteiger partial charge in [-0.2, -0.15) is 0 Å². The summed E-state index contributed by atoms with van der Waals surface area (Å²) in [6.07, 6.45) is 0.916. The first-order valence-electron chi connectivity index (χ1n) is 6.43. The maximum atomic E-state index is 11.8. The van der Waals surface area contributed by atoms with Crippen LogP contribution in [-0.4, -0.2) is 36.2 Å². The average Bonchev–Trinajstić information content (AvgIpc) is 2.41. The Morgan fingerprint density at radius 2 is 2.17 bits per heavy atom. The number of carbonyl (C=O) groups excluding carboxylic acids is 1. The summed E-state index contributed by atoms with van der Waals surface area (Å²) in [6.45, 7) is 4.62. The number of piperazine rings is 1. The monoisotopic (exact) mass is 248 g/mol. The van der Waals surface area contributed by atoms with Crippen LogP contribution in [0.2, 0.25) is 0 Å². The molecule has 1 amide bonds. The molecule has 2 N–H and O–H groups in total. The number of aryl methyl sites for hydroxylation is 1. The number of nitrogens with zero attached hydrogens (tertiary/aromatic N) is 1. The van der Waals surface area contributed by atoms with Crippen LogP contribution in [0.4, 0.5) is 5.69 Å². The van der Waals surface area contributed by atoms with Crippen LogP contribution in [0.1, 0.15) is 19.4 Å². The van der Waals surface area contributed by atoms with Crippen molar-refractivity contribution < 1.29 is 9.90 Å². The molecule has 1 heterocycles. The van der Waals surface area contributed by atoms with E-state index in [4.69, 9.17) is 0 Å². The van der Waals surface area contributed by atoms with Crippen LogP contribution in [0.15, 0.2) is 24.3 Å². The largest absolute Gasteiger partial charge is 0.394 e. The van der Waals surface area contributed by atoms with E-state index < -0.39 is 6.04 Å². The third kappa shape index (κ3) is 2.20. The molecule has 1 aliphatic rings. The van der Waals surface area contributed by atoms with Gasteiger partial charge >= 0.3 is 0 Å². The van der Waals surface area contributed by atoms with Gasteiger partial charge in [-0.15, -0.1) is 0 Å². The Morgan fingerprint density at radius 3 is 2.83 bits per heavy atom. The number of benzene rings is 1. The summed E-state index contributed by atoms with van der Waals surface area (Å²) in [5, 5.41) is 12.3. The SMILES string of the molecule is CCc1ccccc1N1C(C)CNC(=O)C1CO. The molecule has 0 bridgehead atoms. The molecule has 1 saturated heterocycles. The van der Waals surface area contributed by atoms with Crippen LogP contribution in [0.25, 0.3) is 0 Å². The quantitative estimate of drug-likeness (QED) is 0.837. The molecule has 0 spiro atoms.